The van der Waals surface area contributed by atoms with Gasteiger partial charge in [0.25, 0.3) is 0 Å². The standard InChI is InChI=1S/C11H22.C10H20.C9H20.2C8H18.C7H16/c1-11(2,3)9-10-7-5-4-6-8-10;1-10(2,3)9-7-5-4-6-8-9;1-8(2,3)7-9(4,5)6;1-7(2)6-8(3,4)5;1-7(2,3)8(4,5)6;1-6(2)7(3,4)5/h10H,4-9H2,1-3H3;9H,4-8H2,1-3H3;7H2,1-6H3;7H,6H2,1-5H3;1-6H3;6H,1-5H3. The minimum absolute atomic E-state index is 0.437. The van der Waals surface area contributed by atoms with Crippen LogP contribution in [0.5, 0.6) is 0 Å². The molecule has 2 fully saturated rings. The average Bonchev–Trinajstić information content (AvgIpc) is 2.85. The largest absolute Gasteiger partial charge is 0.0628 e. The molecule has 0 aromatic carbocycles. The zero-order valence-corrected chi connectivity index (χ0v) is 43.5. The van der Waals surface area contributed by atoms with Crippen LogP contribution in [0.4, 0.5) is 0 Å². The van der Waals surface area contributed by atoms with Crippen molar-refractivity contribution in [2.24, 2.45) is 67.0 Å². The summed E-state index contributed by atoms with van der Waals surface area (Å²) in [6.07, 6.45) is 18.9. The van der Waals surface area contributed by atoms with Gasteiger partial charge in [0.05, 0.1) is 0 Å². The fourth-order valence-corrected chi connectivity index (χ4v) is 7.04. The van der Waals surface area contributed by atoms with E-state index in [0.717, 1.165) is 23.7 Å². The van der Waals surface area contributed by atoms with E-state index in [1.807, 2.05) is 0 Å². The maximum atomic E-state index is 2.38. The van der Waals surface area contributed by atoms with E-state index >= 15 is 0 Å². The molecule has 0 spiro atoms. The summed E-state index contributed by atoms with van der Waals surface area (Å²) in [6.45, 7) is 64.3. The molecule has 0 bridgehead atoms. The molecule has 53 heavy (non-hydrogen) atoms. The molecule has 0 nitrogen and oxygen atoms in total. The van der Waals surface area contributed by atoms with Crippen molar-refractivity contribution in [2.45, 2.75) is 277 Å². The van der Waals surface area contributed by atoms with Crippen molar-refractivity contribution in [3.05, 3.63) is 0 Å². The summed E-state index contributed by atoms with van der Waals surface area (Å²) in [5.41, 5.74) is 3.99. The lowest BCUT2D eigenvalue weighted by molar-refractivity contribution is 0.157. The normalized spacial score (nSPS) is 17.1. The van der Waals surface area contributed by atoms with Gasteiger partial charge in [-0.25, -0.2) is 0 Å². The quantitative estimate of drug-likeness (QED) is 0.264. The molecule has 0 heteroatoms. The third-order valence-corrected chi connectivity index (χ3v) is 11.5. The van der Waals surface area contributed by atoms with Crippen molar-refractivity contribution >= 4 is 0 Å². The molecule has 0 atom stereocenters. The van der Waals surface area contributed by atoms with Crippen molar-refractivity contribution in [2.75, 3.05) is 0 Å². The van der Waals surface area contributed by atoms with Crippen LogP contribution in [-0.4, -0.2) is 0 Å². The van der Waals surface area contributed by atoms with Crippen LogP contribution in [0.2, 0.25) is 0 Å². The number of hydrogen-bond donors (Lipinski definition) is 0. The highest BCUT2D eigenvalue weighted by Crippen LogP contribution is 2.38. The molecule has 0 N–H and O–H groups in total. The first-order chi connectivity index (χ1) is 23.0. The Kier molecular flexibility index (Phi) is 28.6. The summed E-state index contributed by atoms with van der Waals surface area (Å²) < 4.78 is 0. The predicted octanol–water partition coefficient (Wildman–Crippen LogP) is 19.9. The minimum atomic E-state index is 0.437. The summed E-state index contributed by atoms with van der Waals surface area (Å²) in [5, 5.41) is 0. The Morgan fingerprint density at radius 2 is 0.698 bits per heavy atom. The van der Waals surface area contributed by atoms with Gasteiger partial charge in [0, 0.05) is 0 Å². The molecule has 2 aliphatic rings. The fraction of sp³-hybridized carbons (Fsp3) is 1.00. The second-order valence-electron chi connectivity index (χ2n) is 27.4. The molecule has 0 amide bonds. The van der Waals surface area contributed by atoms with Crippen molar-refractivity contribution in [3.8, 4) is 0 Å². The first-order valence-electron chi connectivity index (χ1n) is 23.0. The van der Waals surface area contributed by atoms with Crippen LogP contribution in [0.15, 0.2) is 0 Å². The Labute approximate surface area is 343 Å². The Balaban J connectivity index is -0.000000274. The van der Waals surface area contributed by atoms with E-state index < -0.39 is 0 Å². The van der Waals surface area contributed by atoms with Crippen LogP contribution >= 0.6 is 0 Å². The molecule has 2 rings (SSSR count). The van der Waals surface area contributed by atoms with Gasteiger partial charge in [-0.2, -0.15) is 0 Å². The third-order valence-electron chi connectivity index (χ3n) is 11.5. The Bertz CT molecular complexity index is 788. The van der Waals surface area contributed by atoms with Gasteiger partial charge in [-0.1, -0.05) is 245 Å². The molecular formula is C53H114. The molecule has 0 aliphatic heterocycles. The van der Waals surface area contributed by atoms with E-state index in [0.29, 0.717) is 43.3 Å². The van der Waals surface area contributed by atoms with Crippen molar-refractivity contribution in [1.82, 2.24) is 0 Å². The molecule has 0 heterocycles. The lowest BCUT2D eigenvalue weighted by Crippen LogP contribution is -2.25. The molecule has 326 valence electrons. The van der Waals surface area contributed by atoms with E-state index in [2.05, 4.69) is 194 Å². The van der Waals surface area contributed by atoms with Crippen LogP contribution in [-0.2, 0) is 0 Å². The second kappa shape index (κ2) is 25.4. The van der Waals surface area contributed by atoms with E-state index in [-0.39, 0.29) is 0 Å². The van der Waals surface area contributed by atoms with Crippen LogP contribution < -0.4 is 0 Å². The van der Waals surface area contributed by atoms with Crippen molar-refractivity contribution in [3.63, 3.8) is 0 Å². The molecule has 2 aliphatic carbocycles. The van der Waals surface area contributed by atoms with Crippen LogP contribution in [0, 0.1) is 67.0 Å². The van der Waals surface area contributed by atoms with Gasteiger partial charge < -0.3 is 0 Å². The van der Waals surface area contributed by atoms with E-state index in [4.69, 9.17) is 0 Å². The summed E-state index contributed by atoms with van der Waals surface area (Å²) in [5.74, 6) is 3.69. The van der Waals surface area contributed by atoms with E-state index in [1.165, 1.54) is 83.5 Å². The first-order valence-corrected chi connectivity index (χ1v) is 23.0. The molecule has 0 aromatic rings. The highest BCUT2D eigenvalue weighted by molar-refractivity contribution is 4.78. The summed E-state index contributed by atoms with van der Waals surface area (Å²) in [7, 11) is 0. The Morgan fingerprint density at radius 1 is 0.396 bits per heavy atom. The van der Waals surface area contributed by atoms with Crippen LogP contribution in [0.25, 0.3) is 0 Å². The van der Waals surface area contributed by atoms with Gasteiger partial charge in [-0.15, -0.1) is 0 Å². The van der Waals surface area contributed by atoms with Crippen molar-refractivity contribution in [1.29, 1.82) is 0 Å². The van der Waals surface area contributed by atoms with E-state index in [1.54, 1.807) is 0 Å². The lowest BCUT2D eigenvalue weighted by atomic mass is 9.71. The van der Waals surface area contributed by atoms with Crippen LogP contribution in [0.1, 0.15) is 277 Å². The maximum Gasteiger partial charge on any atom is -0.0334 e. The Hall–Kier alpha value is 0. The monoisotopic (exact) mass is 751 g/mol. The highest BCUT2D eigenvalue weighted by Gasteiger charge is 2.27. The first kappa shape index (κ1) is 59.7. The molecule has 0 radical (unpaired) electrons. The smallest absolute Gasteiger partial charge is 0.0334 e. The van der Waals surface area contributed by atoms with Gasteiger partial charge >= 0.3 is 0 Å². The van der Waals surface area contributed by atoms with E-state index in [9.17, 15) is 0 Å². The van der Waals surface area contributed by atoms with Crippen molar-refractivity contribution < 1.29 is 0 Å². The van der Waals surface area contributed by atoms with Gasteiger partial charge in [0.2, 0.25) is 0 Å². The maximum absolute atomic E-state index is 2.38. The van der Waals surface area contributed by atoms with Gasteiger partial charge in [0.1, 0.15) is 0 Å². The Morgan fingerprint density at radius 3 is 0.830 bits per heavy atom. The van der Waals surface area contributed by atoms with Gasteiger partial charge in [-0.05, 0) is 99.1 Å². The molecule has 0 saturated heterocycles. The summed E-state index contributed by atoms with van der Waals surface area (Å²) >= 11 is 0. The lowest BCUT2D eigenvalue weighted by Gasteiger charge is -2.34. The average molecular weight is 751 g/mol. The molecule has 0 unspecified atom stereocenters. The zero-order valence-electron chi connectivity index (χ0n) is 43.5. The molecule has 0 aromatic heterocycles. The highest BCUT2D eigenvalue weighted by atomic mass is 14.3. The topological polar surface area (TPSA) is 0 Å². The number of rotatable bonds is 2. The zero-order chi connectivity index (χ0) is 43.5. The minimum Gasteiger partial charge on any atom is -0.0628 e. The second-order valence-corrected chi connectivity index (χ2v) is 27.4. The summed E-state index contributed by atoms with van der Waals surface area (Å²) in [6, 6.07) is 0. The van der Waals surface area contributed by atoms with Gasteiger partial charge in [0.15, 0.2) is 0 Å². The summed E-state index contributed by atoms with van der Waals surface area (Å²) in [4.78, 5) is 0. The number of hydrogen-bond acceptors (Lipinski definition) is 0. The molecular weight excluding hydrogens is 637 g/mol. The van der Waals surface area contributed by atoms with Crippen LogP contribution in [0.3, 0.4) is 0 Å². The van der Waals surface area contributed by atoms with Gasteiger partial charge in [-0.3, -0.25) is 0 Å². The predicted molar refractivity (Wildman–Crippen MR) is 252 cm³/mol. The third kappa shape index (κ3) is 46.3. The SMILES string of the molecule is CC(C)(C)C(C)(C)C.CC(C)(C)C1CCCCC1.CC(C)(C)CC(C)(C)C.CC(C)(C)CC1CCCCC1.CC(C)C(C)(C)C.CC(C)CC(C)(C)C. The molecule has 2 saturated carbocycles. The fourth-order valence-electron chi connectivity index (χ4n) is 7.04.